The van der Waals surface area contributed by atoms with Gasteiger partial charge in [-0.3, -0.25) is 14.6 Å². The van der Waals surface area contributed by atoms with Crippen LogP contribution in [0.4, 0.5) is 0 Å². The molecule has 8 rings (SSSR count). The molecule has 6 aromatic rings. The molecule has 3 N–H and O–H groups in total. The van der Waals surface area contributed by atoms with Crippen molar-refractivity contribution >= 4 is 55.4 Å². The number of aryl methyl sites for hydroxylation is 3. The van der Waals surface area contributed by atoms with Crippen molar-refractivity contribution in [2.45, 2.75) is 63.8 Å². The van der Waals surface area contributed by atoms with Crippen molar-refractivity contribution in [2.75, 3.05) is 27.3 Å². The Labute approximate surface area is 299 Å². The largest absolute Gasteiger partial charge is 0.494 e. The van der Waals surface area contributed by atoms with E-state index in [0.29, 0.717) is 41.9 Å². The van der Waals surface area contributed by atoms with E-state index in [0.717, 1.165) is 81.9 Å². The number of hydrogen-bond donors (Lipinski definition) is 2. The Bertz CT molecular complexity index is 2310. The summed E-state index contributed by atoms with van der Waals surface area (Å²) in [6.07, 6.45) is 4.11. The highest BCUT2D eigenvalue weighted by Gasteiger charge is 2.31. The molecule has 0 aliphatic carbocycles. The third kappa shape index (κ3) is 5.92. The number of benzene rings is 1. The first-order valence-corrected chi connectivity index (χ1v) is 18.4. The Morgan fingerprint density at radius 2 is 1.88 bits per heavy atom. The van der Waals surface area contributed by atoms with Crippen LogP contribution >= 0.6 is 11.3 Å². The number of rotatable bonds is 4. The molecule has 3 atom stereocenters. The fourth-order valence-electron chi connectivity index (χ4n) is 7.64. The van der Waals surface area contributed by atoms with Gasteiger partial charge >= 0.3 is 0 Å². The monoisotopic (exact) mass is 706 g/mol. The number of methoxy groups -OCH3 is 2. The van der Waals surface area contributed by atoms with Crippen LogP contribution in [0, 0.1) is 0 Å². The fourth-order valence-corrected chi connectivity index (χ4v) is 8.41. The topological polar surface area (TPSA) is 142 Å². The number of piperidine rings is 1. The zero-order chi connectivity index (χ0) is 35.4. The average molecular weight is 707 g/mol. The van der Waals surface area contributed by atoms with Gasteiger partial charge in [0.15, 0.2) is 5.82 Å². The van der Waals surface area contributed by atoms with E-state index in [1.165, 1.54) is 0 Å². The highest BCUT2D eigenvalue weighted by molar-refractivity contribution is 7.17. The molecule has 5 aromatic heterocycles. The van der Waals surface area contributed by atoms with Gasteiger partial charge in [0.2, 0.25) is 0 Å². The minimum atomic E-state index is -0.325. The van der Waals surface area contributed by atoms with Crippen molar-refractivity contribution in [3.63, 3.8) is 0 Å². The SMILES string of the molecule is COc1cc(C(=O)N2CC[C@@H](OC)[C@@H](N)C2)cc2nc(-c3cc4ccc5nc4n3CCCCCc3nc4ccsc4cc3C(=O)N[C@@H]5C)n(C)c12. The lowest BCUT2D eigenvalue weighted by molar-refractivity contribution is 0.0227. The van der Waals surface area contributed by atoms with E-state index in [-0.39, 0.29) is 30.0 Å². The number of pyridine rings is 2. The first kappa shape index (κ1) is 33.3. The van der Waals surface area contributed by atoms with Gasteiger partial charge in [-0.2, -0.15) is 0 Å². The predicted octanol–water partition coefficient (Wildman–Crippen LogP) is 5.61. The molecule has 0 radical (unpaired) electrons. The van der Waals surface area contributed by atoms with Crippen LogP contribution in [0.25, 0.3) is 43.8 Å². The van der Waals surface area contributed by atoms with Crippen molar-refractivity contribution in [3.05, 3.63) is 70.4 Å². The van der Waals surface area contributed by atoms with Crippen LogP contribution in [0.2, 0.25) is 0 Å². The molecule has 1 saturated heterocycles. The highest BCUT2D eigenvalue weighted by atomic mass is 32.1. The number of ether oxygens (including phenoxy) is 2. The lowest BCUT2D eigenvalue weighted by atomic mass is 10.0. The summed E-state index contributed by atoms with van der Waals surface area (Å²) < 4.78 is 16.6. The summed E-state index contributed by atoms with van der Waals surface area (Å²) in [5, 5.41) is 6.19. The molecule has 1 fully saturated rings. The van der Waals surface area contributed by atoms with E-state index in [4.69, 9.17) is 30.2 Å². The summed E-state index contributed by atoms with van der Waals surface area (Å²) in [4.78, 5) is 44.3. The van der Waals surface area contributed by atoms with E-state index >= 15 is 0 Å². The van der Waals surface area contributed by atoms with Gasteiger partial charge in [-0.1, -0.05) is 6.42 Å². The number of likely N-dealkylation sites (tertiary alicyclic amines) is 1. The van der Waals surface area contributed by atoms with Gasteiger partial charge in [0, 0.05) is 50.8 Å². The molecular weight excluding hydrogens is 665 g/mol. The van der Waals surface area contributed by atoms with Gasteiger partial charge in [0.05, 0.1) is 57.6 Å². The standard InChI is InChI=1S/C38H42N8O4S/c1-21-26-10-9-22-17-30(46(35(22)42-26)13-7-5-6-8-27-24(37(47)40-21)19-33-28(41-27)12-15-51-33)36-43-29-16-23(18-32(50-4)34(29)44(36)2)38(48)45-14-11-31(49-3)25(39)20-45/h9-10,12,15-19,21,25,31H,5-8,11,13-14,20,39H2,1-4H3,(H,40,47)/t21-,25+,31-/m1/s1. The van der Waals surface area contributed by atoms with Gasteiger partial charge in [-0.15, -0.1) is 11.3 Å². The lowest BCUT2D eigenvalue weighted by Gasteiger charge is -2.36. The van der Waals surface area contributed by atoms with E-state index in [1.54, 1.807) is 36.5 Å². The molecule has 2 aliphatic heterocycles. The van der Waals surface area contributed by atoms with Gasteiger partial charge in [-0.05, 0) is 80.5 Å². The molecule has 0 unspecified atom stereocenters. The van der Waals surface area contributed by atoms with Crippen LogP contribution in [0.3, 0.4) is 0 Å². The van der Waals surface area contributed by atoms with Crippen LogP contribution in [0.1, 0.15) is 70.8 Å². The van der Waals surface area contributed by atoms with Crippen LogP contribution in [0.15, 0.2) is 47.8 Å². The average Bonchev–Trinajstić information content (AvgIpc) is 3.84. The number of nitrogens with one attached hydrogen (secondary N) is 1. The Kier molecular flexibility index (Phi) is 8.73. The molecule has 12 nitrogen and oxygen atoms in total. The number of carbonyl (C=O) groups excluding carboxylic acids is 2. The number of aromatic nitrogens is 5. The van der Waals surface area contributed by atoms with Gasteiger partial charge in [0.25, 0.3) is 11.8 Å². The van der Waals surface area contributed by atoms with Gasteiger partial charge < -0.3 is 34.6 Å². The summed E-state index contributed by atoms with van der Waals surface area (Å²) in [7, 11) is 5.25. The molecular formula is C38H42N8O4S. The zero-order valence-electron chi connectivity index (χ0n) is 29.3. The Morgan fingerprint density at radius 1 is 1.02 bits per heavy atom. The number of thiophene rings is 1. The number of nitrogens with two attached hydrogens (primary N) is 1. The predicted molar refractivity (Wildman–Crippen MR) is 198 cm³/mol. The minimum Gasteiger partial charge on any atom is -0.494 e. The van der Waals surface area contributed by atoms with E-state index in [1.807, 2.05) is 48.2 Å². The summed E-state index contributed by atoms with van der Waals surface area (Å²) in [6.45, 7) is 3.69. The molecule has 2 bridgehead atoms. The molecule has 7 heterocycles. The number of carbonyl (C=O) groups is 2. The molecule has 13 heteroatoms. The summed E-state index contributed by atoms with van der Waals surface area (Å²) in [5.74, 6) is 1.08. The summed E-state index contributed by atoms with van der Waals surface area (Å²) in [6, 6.07) is 13.2. The Hall–Kier alpha value is -4.85. The number of hydrogen-bond acceptors (Lipinski definition) is 9. The number of fused-ring (bicyclic) bond motifs is 4. The second kappa shape index (κ2) is 13.4. The van der Waals surface area contributed by atoms with Crippen molar-refractivity contribution in [3.8, 4) is 17.3 Å². The van der Waals surface area contributed by atoms with E-state index < -0.39 is 0 Å². The van der Waals surface area contributed by atoms with E-state index in [9.17, 15) is 9.59 Å². The fraction of sp³-hybridized carbons (Fsp3) is 0.395. The first-order chi connectivity index (χ1) is 24.7. The molecule has 264 valence electrons. The van der Waals surface area contributed by atoms with Crippen LogP contribution in [-0.4, -0.2) is 80.3 Å². The summed E-state index contributed by atoms with van der Waals surface area (Å²) >= 11 is 1.60. The van der Waals surface area contributed by atoms with Crippen LogP contribution < -0.4 is 15.8 Å². The second-order valence-electron chi connectivity index (χ2n) is 13.6. The lowest BCUT2D eigenvalue weighted by Crippen LogP contribution is -2.53. The van der Waals surface area contributed by atoms with Crippen molar-refractivity contribution < 1.29 is 19.1 Å². The molecule has 1 aromatic carbocycles. The van der Waals surface area contributed by atoms with Crippen LogP contribution in [0.5, 0.6) is 5.75 Å². The van der Waals surface area contributed by atoms with Crippen molar-refractivity contribution in [2.24, 2.45) is 12.8 Å². The second-order valence-corrected chi connectivity index (χ2v) is 14.6. The van der Waals surface area contributed by atoms with Gasteiger partial charge in [0.1, 0.15) is 16.9 Å². The van der Waals surface area contributed by atoms with Gasteiger partial charge in [-0.25, -0.2) is 9.97 Å². The highest BCUT2D eigenvalue weighted by Crippen LogP contribution is 2.35. The number of nitrogens with zero attached hydrogens (tertiary/aromatic N) is 6. The maximum atomic E-state index is 13.7. The third-order valence-corrected chi connectivity index (χ3v) is 11.3. The third-order valence-electron chi connectivity index (χ3n) is 10.4. The maximum absolute atomic E-state index is 13.7. The molecule has 2 aliphatic rings. The van der Waals surface area contributed by atoms with E-state index in [2.05, 4.69) is 22.0 Å². The zero-order valence-corrected chi connectivity index (χ0v) is 30.1. The maximum Gasteiger partial charge on any atom is 0.254 e. The molecule has 0 saturated carbocycles. The van der Waals surface area contributed by atoms with Crippen molar-refractivity contribution in [1.82, 2.24) is 34.3 Å². The first-order valence-electron chi connectivity index (χ1n) is 17.5. The minimum absolute atomic E-state index is 0.0632. The van der Waals surface area contributed by atoms with Crippen LogP contribution in [-0.2, 0) is 24.8 Å². The quantitative estimate of drug-likeness (QED) is 0.241. The normalized spacial score (nSPS) is 20.1. The molecule has 0 spiro atoms. The molecule has 2 amide bonds. The molecule has 51 heavy (non-hydrogen) atoms. The van der Waals surface area contributed by atoms with Crippen molar-refractivity contribution in [1.29, 1.82) is 0 Å². The smallest absolute Gasteiger partial charge is 0.254 e. The summed E-state index contributed by atoms with van der Waals surface area (Å²) in [5.41, 5.74) is 13.2. The number of imidazole rings is 1. The Balaban J connectivity index is 1.16. The number of amides is 2. The Morgan fingerprint density at radius 3 is 2.69 bits per heavy atom.